The molecule has 0 bridgehead atoms. The van der Waals surface area contributed by atoms with Crippen molar-refractivity contribution in [2.75, 3.05) is 39.5 Å². The minimum atomic E-state index is -3.59. The zero-order valence-electron chi connectivity index (χ0n) is 13.5. The minimum absolute atomic E-state index is 0.105. The van der Waals surface area contributed by atoms with Crippen molar-refractivity contribution in [3.05, 3.63) is 18.0 Å². The number of ether oxygens (including phenoxy) is 2. The van der Waals surface area contributed by atoms with Crippen LogP contribution >= 0.6 is 0 Å². The van der Waals surface area contributed by atoms with Crippen molar-refractivity contribution < 1.29 is 22.7 Å². The average molecular weight is 357 g/mol. The molecule has 2 aliphatic rings. The van der Waals surface area contributed by atoms with Crippen LogP contribution in [0.15, 0.2) is 17.2 Å². The Hall–Kier alpha value is -1.42. The van der Waals surface area contributed by atoms with Gasteiger partial charge in [-0.05, 0) is 25.3 Å². The maximum absolute atomic E-state index is 12.5. The number of H-pyrrole nitrogens is 1. The highest BCUT2D eigenvalue weighted by Gasteiger charge is 2.28. The van der Waals surface area contributed by atoms with Gasteiger partial charge in [0.2, 0.25) is 10.0 Å². The fourth-order valence-corrected chi connectivity index (χ4v) is 4.31. The largest absolute Gasteiger partial charge is 0.379 e. The van der Waals surface area contributed by atoms with Crippen LogP contribution in [0.3, 0.4) is 0 Å². The fourth-order valence-electron chi connectivity index (χ4n) is 2.90. The van der Waals surface area contributed by atoms with E-state index in [1.54, 1.807) is 0 Å². The summed E-state index contributed by atoms with van der Waals surface area (Å²) >= 11 is 0. The van der Waals surface area contributed by atoms with Crippen LogP contribution in [0.25, 0.3) is 0 Å². The summed E-state index contributed by atoms with van der Waals surface area (Å²) in [5.74, 6) is -0.309. The fraction of sp³-hybridized carbons (Fsp3) is 0.667. The van der Waals surface area contributed by atoms with Gasteiger partial charge in [-0.1, -0.05) is 0 Å². The zero-order chi connectivity index (χ0) is 17.0. The quantitative estimate of drug-likeness (QED) is 0.764. The Morgan fingerprint density at radius 3 is 2.83 bits per heavy atom. The van der Waals surface area contributed by atoms with Gasteiger partial charge in [-0.15, -0.1) is 0 Å². The first kappa shape index (κ1) is 17.4. The first-order valence-corrected chi connectivity index (χ1v) is 9.67. The molecule has 0 spiro atoms. The van der Waals surface area contributed by atoms with E-state index < -0.39 is 10.0 Å². The number of nitrogens with one attached hydrogen (secondary N) is 2. The topological polar surface area (TPSA) is 101 Å². The number of carbonyl (C=O) groups is 1. The van der Waals surface area contributed by atoms with Crippen molar-refractivity contribution in [3.8, 4) is 0 Å². The van der Waals surface area contributed by atoms with Gasteiger partial charge in [0.15, 0.2) is 0 Å². The van der Waals surface area contributed by atoms with E-state index in [1.165, 1.54) is 16.6 Å². The van der Waals surface area contributed by atoms with E-state index in [0.29, 0.717) is 32.8 Å². The maximum atomic E-state index is 12.5. The molecule has 2 fully saturated rings. The number of sulfonamides is 1. The number of aromatic nitrogens is 1. The molecule has 0 saturated carbocycles. The molecule has 3 rings (SSSR count). The van der Waals surface area contributed by atoms with Crippen LogP contribution in [0, 0.1) is 0 Å². The monoisotopic (exact) mass is 357 g/mol. The van der Waals surface area contributed by atoms with E-state index >= 15 is 0 Å². The number of rotatable bonds is 6. The summed E-state index contributed by atoms with van der Waals surface area (Å²) in [5.41, 5.74) is 0.245. The number of nitrogens with zero attached hydrogens (tertiary/aromatic N) is 1. The Kier molecular flexibility index (Phi) is 5.54. The van der Waals surface area contributed by atoms with Gasteiger partial charge in [0, 0.05) is 32.4 Å². The molecule has 3 heterocycles. The molecule has 8 nitrogen and oxygen atoms in total. The molecule has 0 aliphatic carbocycles. The molecule has 1 atom stereocenters. The Balaban J connectivity index is 1.56. The van der Waals surface area contributed by atoms with E-state index in [-0.39, 0.29) is 22.6 Å². The van der Waals surface area contributed by atoms with Crippen molar-refractivity contribution in [3.63, 3.8) is 0 Å². The smallest absolute Gasteiger partial charge is 0.267 e. The Morgan fingerprint density at radius 2 is 2.12 bits per heavy atom. The number of hydrogen-bond donors (Lipinski definition) is 2. The number of aromatic amines is 1. The number of hydrogen-bond acceptors (Lipinski definition) is 5. The minimum Gasteiger partial charge on any atom is -0.379 e. The van der Waals surface area contributed by atoms with E-state index in [0.717, 1.165) is 25.9 Å². The van der Waals surface area contributed by atoms with Gasteiger partial charge < -0.3 is 19.8 Å². The first-order chi connectivity index (χ1) is 11.6. The van der Waals surface area contributed by atoms with Gasteiger partial charge in [-0.3, -0.25) is 4.79 Å². The summed E-state index contributed by atoms with van der Waals surface area (Å²) in [5, 5.41) is 2.79. The molecule has 0 radical (unpaired) electrons. The predicted molar refractivity (Wildman–Crippen MR) is 86.3 cm³/mol. The average Bonchev–Trinajstić information content (AvgIpc) is 3.27. The lowest BCUT2D eigenvalue weighted by atomic mass is 10.2. The molecular weight excluding hydrogens is 334 g/mol. The van der Waals surface area contributed by atoms with Crippen molar-refractivity contribution in [2.24, 2.45) is 0 Å². The summed E-state index contributed by atoms with van der Waals surface area (Å²) < 4.78 is 37.1. The second-order valence-electron chi connectivity index (χ2n) is 5.95. The molecule has 2 saturated heterocycles. The third-order valence-electron chi connectivity index (χ3n) is 4.28. The van der Waals surface area contributed by atoms with Gasteiger partial charge in [0.05, 0.1) is 19.3 Å². The maximum Gasteiger partial charge on any atom is 0.267 e. The van der Waals surface area contributed by atoms with Gasteiger partial charge in [-0.25, -0.2) is 8.42 Å². The number of carbonyl (C=O) groups excluding carboxylic acids is 1. The van der Waals surface area contributed by atoms with Crippen molar-refractivity contribution >= 4 is 15.9 Å². The Labute approximate surface area is 141 Å². The van der Waals surface area contributed by atoms with Gasteiger partial charge in [0.1, 0.15) is 10.6 Å². The molecule has 1 unspecified atom stereocenters. The van der Waals surface area contributed by atoms with E-state index in [2.05, 4.69) is 10.3 Å². The van der Waals surface area contributed by atoms with Crippen LogP contribution in [0.5, 0.6) is 0 Å². The lowest BCUT2D eigenvalue weighted by Gasteiger charge is -2.25. The molecule has 24 heavy (non-hydrogen) atoms. The first-order valence-electron chi connectivity index (χ1n) is 8.23. The molecule has 9 heteroatoms. The van der Waals surface area contributed by atoms with Crippen LogP contribution in [0.4, 0.5) is 0 Å². The van der Waals surface area contributed by atoms with Crippen LogP contribution < -0.4 is 5.32 Å². The van der Waals surface area contributed by atoms with Crippen molar-refractivity contribution in [2.45, 2.75) is 30.3 Å². The van der Waals surface area contributed by atoms with E-state index in [4.69, 9.17) is 9.47 Å². The highest BCUT2D eigenvalue weighted by Crippen LogP contribution is 2.18. The van der Waals surface area contributed by atoms with Gasteiger partial charge in [-0.2, -0.15) is 4.31 Å². The molecule has 2 N–H and O–H groups in total. The third kappa shape index (κ3) is 3.97. The normalized spacial score (nSPS) is 22.6. The molecule has 134 valence electrons. The summed E-state index contributed by atoms with van der Waals surface area (Å²) in [6.07, 6.45) is 4.44. The molecule has 1 aromatic rings. The number of morpholine rings is 1. The lowest BCUT2D eigenvalue weighted by Crippen LogP contribution is -2.40. The van der Waals surface area contributed by atoms with Crippen molar-refractivity contribution in [1.82, 2.24) is 14.6 Å². The Morgan fingerprint density at radius 1 is 1.33 bits per heavy atom. The zero-order valence-corrected chi connectivity index (χ0v) is 14.3. The highest BCUT2D eigenvalue weighted by molar-refractivity contribution is 7.89. The summed E-state index contributed by atoms with van der Waals surface area (Å²) in [4.78, 5) is 15.0. The molecular formula is C15H23N3O5S. The second kappa shape index (κ2) is 7.64. The summed E-state index contributed by atoms with van der Waals surface area (Å²) in [7, 11) is -3.59. The van der Waals surface area contributed by atoms with Crippen LogP contribution in [-0.4, -0.2) is 69.2 Å². The lowest BCUT2D eigenvalue weighted by molar-refractivity contribution is 0.0730. The molecule has 1 amide bonds. The molecule has 0 aromatic carbocycles. The second-order valence-corrected chi connectivity index (χ2v) is 7.88. The van der Waals surface area contributed by atoms with E-state index in [9.17, 15) is 13.2 Å². The summed E-state index contributed by atoms with van der Waals surface area (Å²) in [6.45, 7) is 2.74. The molecule has 1 aromatic heterocycles. The third-order valence-corrected chi connectivity index (χ3v) is 6.16. The van der Waals surface area contributed by atoms with Crippen LogP contribution in [-0.2, 0) is 19.5 Å². The number of amides is 1. The summed E-state index contributed by atoms with van der Waals surface area (Å²) in [6, 6.07) is 1.38. The molecule has 2 aliphatic heterocycles. The van der Waals surface area contributed by atoms with Crippen molar-refractivity contribution in [1.29, 1.82) is 0 Å². The van der Waals surface area contributed by atoms with Gasteiger partial charge >= 0.3 is 0 Å². The van der Waals surface area contributed by atoms with Crippen LogP contribution in [0.2, 0.25) is 0 Å². The SMILES string of the molecule is O=C(NCCC1CCCO1)c1cc(S(=O)(=O)N2CCOCC2)c[nH]1. The Bertz CT molecular complexity index is 660. The predicted octanol–water partition coefficient (Wildman–Crippen LogP) is 0.335. The highest BCUT2D eigenvalue weighted by atomic mass is 32.2. The van der Waals surface area contributed by atoms with E-state index in [1.807, 2.05) is 0 Å². The van der Waals surface area contributed by atoms with Crippen LogP contribution in [0.1, 0.15) is 29.8 Å². The standard InChI is InChI=1S/C15H23N3O5S/c19-15(16-4-3-12-2-1-7-23-12)14-10-13(11-17-14)24(20,21)18-5-8-22-9-6-18/h10-12,17H,1-9H2,(H,16,19). The van der Waals surface area contributed by atoms with Gasteiger partial charge in [0.25, 0.3) is 5.91 Å².